The van der Waals surface area contributed by atoms with E-state index in [2.05, 4.69) is 9.71 Å². The van der Waals surface area contributed by atoms with E-state index in [-0.39, 0.29) is 80.1 Å². The number of rotatable bonds is 4. The van der Waals surface area contributed by atoms with Crippen LogP contribution in [0.3, 0.4) is 0 Å². The lowest BCUT2D eigenvalue weighted by molar-refractivity contribution is -0.134. The van der Waals surface area contributed by atoms with Gasteiger partial charge in [-0.15, -0.1) is 4.40 Å². The monoisotopic (exact) mass is 583 g/mol. The molecule has 1 amide bonds. The van der Waals surface area contributed by atoms with Gasteiger partial charge in [0.05, 0.1) is 16.3 Å². The predicted octanol–water partition coefficient (Wildman–Crippen LogP) is 3.77. The van der Waals surface area contributed by atoms with Crippen LogP contribution in [-0.2, 0) is 31.2 Å². The summed E-state index contributed by atoms with van der Waals surface area (Å²) >= 11 is 0. The van der Waals surface area contributed by atoms with Crippen molar-refractivity contribution >= 4 is 42.2 Å². The zero-order valence-corrected chi connectivity index (χ0v) is 22.9. The molecule has 2 N–H and O–H groups in total. The van der Waals surface area contributed by atoms with Gasteiger partial charge in [0.25, 0.3) is 15.9 Å². The van der Waals surface area contributed by atoms with Crippen molar-refractivity contribution in [3.05, 3.63) is 76.8 Å². The van der Waals surface area contributed by atoms with E-state index >= 15 is 0 Å². The molecule has 2 aromatic carbocycles. The lowest BCUT2D eigenvalue weighted by atomic mass is 9.77. The Morgan fingerprint density at radius 1 is 1.05 bits per heavy atom. The van der Waals surface area contributed by atoms with Crippen LogP contribution in [0.1, 0.15) is 36.8 Å². The highest BCUT2D eigenvalue weighted by Gasteiger charge is 2.57. The van der Waals surface area contributed by atoms with Gasteiger partial charge in [0.1, 0.15) is 22.0 Å². The summed E-state index contributed by atoms with van der Waals surface area (Å²) in [7, 11) is -7.84. The predicted molar refractivity (Wildman–Crippen MR) is 146 cm³/mol. The van der Waals surface area contributed by atoms with Crippen LogP contribution in [0.25, 0.3) is 4.91 Å². The molecule has 0 aromatic heterocycles. The molecular weight excluding hydrogens is 557 g/mol. The fourth-order valence-corrected chi connectivity index (χ4v) is 9.79. The number of hydrogen-bond acceptors (Lipinski definition) is 7. The van der Waals surface area contributed by atoms with Crippen molar-refractivity contribution in [3.8, 4) is 0 Å². The third-order valence-corrected chi connectivity index (χ3v) is 12.0. The summed E-state index contributed by atoms with van der Waals surface area (Å²) in [6.45, 7) is 0.184. The van der Waals surface area contributed by atoms with Crippen LogP contribution in [0, 0.1) is 23.6 Å². The molecule has 7 rings (SSSR count). The minimum atomic E-state index is -4.34. The summed E-state index contributed by atoms with van der Waals surface area (Å²) < 4.78 is 69.0. The van der Waals surface area contributed by atoms with Crippen LogP contribution in [0.15, 0.2) is 69.2 Å². The van der Waals surface area contributed by atoms with E-state index in [0.717, 1.165) is 24.8 Å². The molecule has 5 aliphatic rings. The Kier molecular flexibility index (Phi) is 5.56. The number of fused-ring (bicyclic) bond motifs is 6. The van der Waals surface area contributed by atoms with Crippen LogP contribution in [0.2, 0.25) is 0 Å². The van der Waals surface area contributed by atoms with Gasteiger partial charge in [-0.05, 0) is 72.9 Å². The SMILES string of the molecule is O=C1C(C2=NS(=O)(=O)c3cc(C4=CCCS4(=O)=O)ccc3N2)=C(O)C2C([C@H]3CC[C@@H]2C3)N1Cc1ccc(F)cc1. The number of nitrogens with one attached hydrogen (secondary N) is 1. The molecule has 2 aromatic rings. The number of aliphatic hydroxyl groups is 1. The van der Waals surface area contributed by atoms with Crippen LogP contribution in [0.4, 0.5) is 10.1 Å². The van der Waals surface area contributed by atoms with E-state index in [4.69, 9.17) is 0 Å². The largest absolute Gasteiger partial charge is 0.511 e. The fraction of sp³-hybridized carbons (Fsp3) is 0.357. The van der Waals surface area contributed by atoms with Crippen molar-refractivity contribution in [2.24, 2.45) is 22.2 Å². The Labute approximate surface area is 231 Å². The molecule has 3 heterocycles. The number of nitrogens with zero attached hydrogens (tertiary/aromatic N) is 2. The van der Waals surface area contributed by atoms with Crippen LogP contribution < -0.4 is 5.32 Å². The molecule has 2 unspecified atom stereocenters. The zero-order chi connectivity index (χ0) is 28.0. The molecule has 40 heavy (non-hydrogen) atoms. The summed E-state index contributed by atoms with van der Waals surface area (Å²) in [6.07, 6.45) is 4.64. The van der Waals surface area contributed by atoms with Crippen LogP contribution >= 0.6 is 0 Å². The number of carbonyl (C=O) groups excluding carboxylic acids is 1. The second-order valence-corrected chi connectivity index (χ2v) is 14.7. The third kappa shape index (κ3) is 3.83. The maximum Gasteiger partial charge on any atom is 0.286 e. The maximum absolute atomic E-state index is 14.0. The van der Waals surface area contributed by atoms with Crippen LogP contribution in [0.5, 0.6) is 0 Å². The fourth-order valence-electron chi connectivity index (χ4n) is 7.14. The van der Waals surface area contributed by atoms with Crippen LogP contribution in [-0.4, -0.2) is 50.4 Å². The molecule has 3 aliphatic heterocycles. The summed E-state index contributed by atoms with van der Waals surface area (Å²) in [5.41, 5.74) is 0.928. The summed E-state index contributed by atoms with van der Waals surface area (Å²) in [4.78, 5) is 15.5. The van der Waals surface area contributed by atoms with E-state index in [0.29, 0.717) is 6.42 Å². The molecule has 9 nitrogen and oxygen atoms in total. The van der Waals surface area contributed by atoms with Crippen molar-refractivity contribution in [2.75, 3.05) is 11.1 Å². The van der Waals surface area contributed by atoms with Gasteiger partial charge in [0, 0.05) is 18.5 Å². The van der Waals surface area contributed by atoms with E-state index in [1.165, 1.54) is 30.3 Å². The van der Waals surface area contributed by atoms with E-state index in [1.54, 1.807) is 23.1 Å². The molecule has 0 radical (unpaired) electrons. The topological polar surface area (TPSA) is 133 Å². The minimum absolute atomic E-state index is 0.0271. The van der Waals surface area contributed by atoms with Gasteiger partial charge >= 0.3 is 0 Å². The minimum Gasteiger partial charge on any atom is -0.511 e. The van der Waals surface area contributed by atoms with Gasteiger partial charge < -0.3 is 15.3 Å². The van der Waals surface area contributed by atoms with Gasteiger partial charge in [-0.2, -0.15) is 8.42 Å². The number of allylic oxidation sites excluding steroid dienone is 1. The summed E-state index contributed by atoms with van der Waals surface area (Å²) in [6, 6.07) is 9.87. The highest BCUT2D eigenvalue weighted by atomic mass is 32.2. The molecule has 0 spiro atoms. The van der Waals surface area contributed by atoms with Gasteiger partial charge in [0.15, 0.2) is 15.7 Å². The lowest BCUT2D eigenvalue weighted by Crippen LogP contribution is -2.53. The molecular formula is C28H26FN3O6S2. The Balaban J connectivity index is 1.29. The highest BCUT2D eigenvalue weighted by molar-refractivity contribution is 8.00. The van der Waals surface area contributed by atoms with Gasteiger partial charge in [-0.25, -0.2) is 12.8 Å². The first-order chi connectivity index (χ1) is 19.0. The number of amidine groups is 1. The van der Waals surface area contributed by atoms with Gasteiger partial charge in [-0.1, -0.05) is 24.3 Å². The van der Waals surface area contributed by atoms with Gasteiger partial charge in [-0.3, -0.25) is 4.79 Å². The summed E-state index contributed by atoms with van der Waals surface area (Å²) in [5.74, 6) is -1.34. The van der Waals surface area contributed by atoms with Crippen molar-refractivity contribution in [3.63, 3.8) is 0 Å². The smallest absolute Gasteiger partial charge is 0.286 e. The molecule has 2 bridgehead atoms. The first-order valence-electron chi connectivity index (χ1n) is 13.2. The highest BCUT2D eigenvalue weighted by Crippen LogP contribution is 2.55. The average Bonchev–Trinajstić information content (AvgIpc) is 3.62. The lowest BCUT2D eigenvalue weighted by Gasteiger charge is -2.44. The molecule has 4 atom stereocenters. The standard InChI is InChI=1S/C28H26FN3O6S2/c29-19-8-3-15(4-9-19)14-32-25-18-6-5-17(12-18)23(25)26(33)24(28(32)34)27-30-20-10-7-16(13-22(20)40(37,38)31-27)21-2-1-11-39(21,35)36/h2-4,7-10,13,17-18,23,25,33H,1,5-6,11-12,14H2,(H,30,31)/t17-,18+,23?,25?/m1/s1. The van der Waals surface area contributed by atoms with Gasteiger partial charge in [0.2, 0.25) is 0 Å². The number of sulfone groups is 1. The number of halogens is 1. The summed E-state index contributed by atoms with van der Waals surface area (Å²) in [5, 5.41) is 14.4. The molecule has 208 valence electrons. The zero-order valence-electron chi connectivity index (χ0n) is 21.2. The third-order valence-electron chi connectivity index (χ3n) is 8.84. The quantitative estimate of drug-likeness (QED) is 0.560. The maximum atomic E-state index is 14.0. The second-order valence-electron chi connectivity index (χ2n) is 11.1. The Bertz CT molecular complexity index is 1780. The normalized spacial score (nSPS) is 29.5. The number of sulfonamides is 1. The molecule has 2 saturated carbocycles. The number of carbonyl (C=O) groups is 1. The molecule has 2 fully saturated rings. The number of benzene rings is 2. The van der Waals surface area contributed by atoms with Crippen molar-refractivity contribution in [1.82, 2.24) is 4.90 Å². The van der Waals surface area contributed by atoms with E-state index in [9.17, 15) is 31.1 Å². The first-order valence-corrected chi connectivity index (χ1v) is 16.3. The Morgan fingerprint density at radius 3 is 2.52 bits per heavy atom. The van der Waals surface area contributed by atoms with E-state index < -0.39 is 25.8 Å². The number of anilines is 1. The van der Waals surface area contributed by atoms with Crippen molar-refractivity contribution in [1.29, 1.82) is 0 Å². The van der Waals surface area contributed by atoms with Crippen molar-refractivity contribution < 1.29 is 31.1 Å². The molecule has 12 heteroatoms. The van der Waals surface area contributed by atoms with E-state index in [1.807, 2.05) is 0 Å². The number of aliphatic hydroxyl groups excluding tert-OH is 1. The second kappa shape index (κ2) is 8.74. The number of amides is 1. The van der Waals surface area contributed by atoms with Crippen molar-refractivity contribution in [2.45, 2.75) is 43.2 Å². The number of hydrogen-bond donors (Lipinski definition) is 2. The molecule has 0 saturated heterocycles. The first kappa shape index (κ1) is 25.5. The molecule has 2 aliphatic carbocycles. The average molecular weight is 584 g/mol. The Morgan fingerprint density at radius 2 is 1.80 bits per heavy atom. The Hall–Kier alpha value is -3.51.